The molecule has 2 nitrogen and oxygen atoms in total. The molecule has 0 atom stereocenters. The molecule has 1 aromatic rings. The zero-order valence-corrected chi connectivity index (χ0v) is 6.05. The van der Waals surface area contributed by atoms with Gasteiger partial charge in [-0.1, -0.05) is 0 Å². The predicted molar refractivity (Wildman–Crippen MR) is 38.5 cm³/mol. The van der Waals surface area contributed by atoms with E-state index in [-0.39, 0.29) is 5.54 Å². The fourth-order valence-corrected chi connectivity index (χ4v) is 1.07. The second-order valence-electron chi connectivity index (χ2n) is 3.14. The number of furan rings is 1. The maximum Gasteiger partial charge on any atom is 0.123 e. The lowest BCUT2D eigenvalue weighted by Gasteiger charge is -2.00. The molecule has 0 saturated heterocycles. The van der Waals surface area contributed by atoms with Gasteiger partial charge in [0.2, 0.25) is 0 Å². The molecule has 2 N–H and O–H groups in total. The van der Waals surface area contributed by atoms with E-state index in [1.165, 1.54) is 0 Å². The number of hydrogen-bond donors (Lipinski definition) is 1. The summed E-state index contributed by atoms with van der Waals surface area (Å²) >= 11 is 0. The average Bonchev–Trinajstić information content (AvgIpc) is 2.45. The summed E-state index contributed by atoms with van der Waals surface area (Å²) in [6.45, 7) is 2.01. The van der Waals surface area contributed by atoms with Gasteiger partial charge in [0.05, 0.1) is 11.8 Å². The Bertz CT molecular complexity index is 248. The van der Waals surface area contributed by atoms with Gasteiger partial charge in [-0.2, -0.15) is 0 Å². The number of nitrogens with two attached hydrogens (primary N) is 1. The van der Waals surface area contributed by atoms with Gasteiger partial charge < -0.3 is 10.2 Å². The van der Waals surface area contributed by atoms with Gasteiger partial charge in [-0.15, -0.1) is 0 Å². The lowest BCUT2D eigenvalue weighted by molar-refractivity contribution is 0.456. The van der Waals surface area contributed by atoms with Crippen molar-refractivity contribution >= 4 is 0 Å². The van der Waals surface area contributed by atoms with E-state index in [0.717, 1.165) is 24.2 Å². The van der Waals surface area contributed by atoms with Crippen LogP contribution >= 0.6 is 0 Å². The van der Waals surface area contributed by atoms with Crippen LogP contribution in [0.1, 0.15) is 24.2 Å². The van der Waals surface area contributed by atoms with E-state index in [0.29, 0.717) is 0 Å². The maximum atomic E-state index is 5.89. The summed E-state index contributed by atoms with van der Waals surface area (Å²) in [6.07, 6.45) is 3.89. The quantitative estimate of drug-likeness (QED) is 0.637. The van der Waals surface area contributed by atoms with E-state index >= 15 is 0 Å². The summed E-state index contributed by atoms with van der Waals surface area (Å²) in [5.74, 6) is 0.949. The molecule has 0 unspecified atom stereocenters. The van der Waals surface area contributed by atoms with Crippen molar-refractivity contribution in [2.24, 2.45) is 5.73 Å². The first-order valence-corrected chi connectivity index (χ1v) is 3.55. The van der Waals surface area contributed by atoms with Gasteiger partial charge in [0.15, 0.2) is 0 Å². The van der Waals surface area contributed by atoms with Crippen molar-refractivity contribution in [1.82, 2.24) is 0 Å². The molecule has 0 aromatic carbocycles. The SMILES string of the molecule is Cc1coc(C2(N)CC2)c1. The van der Waals surface area contributed by atoms with Crippen LogP contribution in [0.15, 0.2) is 16.7 Å². The van der Waals surface area contributed by atoms with Crippen LogP contribution in [0.2, 0.25) is 0 Å². The molecule has 1 saturated carbocycles. The smallest absolute Gasteiger partial charge is 0.123 e. The summed E-state index contributed by atoms with van der Waals surface area (Å²) in [7, 11) is 0. The molecule has 0 spiro atoms. The zero-order chi connectivity index (χ0) is 7.19. The van der Waals surface area contributed by atoms with Crippen LogP contribution in [-0.2, 0) is 5.54 Å². The molecular weight excluding hydrogens is 126 g/mol. The number of hydrogen-bond acceptors (Lipinski definition) is 2. The van der Waals surface area contributed by atoms with E-state index in [1.807, 2.05) is 13.0 Å². The van der Waals surface area contributed by atoms with Crippen molar-refractivity contribution in [3.63, 3.8) is 0 Å². The Morgan fingerprint density at radius 2 is 2.30 bits per heavy atom. The predicted octanol–water partition coefficient (Wildman–Crippen LogP) is 1.54. The minimum Gasteiger partial charge on any atom is -0.467 e. The van der Waals surface area contributed by atoms with Crippen LogP contribution in [0.4, 0.5) is 0 Å². The molecule has 10 heavy (non-hydrogen) atoms. The van der Waals surface area contributed by atoms with Crippen LogP contribution in [-0.4, -0.2) is 0 Å². The van der Waals surface area contributed by atoms with Gasteiger partial charge >= 0.3 is 0 Å². The Kier molecular flexibility index (Phi) is 0.980. The summed E-state index contributed by atoms with van der Waals surface area (Å²) in [5, 5.41) is 0. The minimum atomic E-state index is -0.103. The van der Waals surface area contributed by atoms with Crippen LogP contribution in [0.5, 0.6) is 0 Å². The Hall–Kier alpha value is -0.760. The molecule has 54 valence electrons. The molecule has 0 bridgehead atoms. The van der Waals surface area contributed by atoms with E-state index in [4.69, 9.17) is 10.2 Å². The van der Waals surface area contributed by atoms with Crippen LogP contribution in [0.3, 0.4) is 0 Å². The molecule has 1 aliphatic carbocycles. The highest BCUT2D eigenvalue weighted by atomic mass is 16.3. The lowest BCUT2D eigenvalue weighted by atomic mass is 10.2. The monoisotopic (exact) mass is 137 g/mol. The third kappa shape index (κ3) is 0.762. The van der Waals surface area contributed by atoms with Crippen molar-refractivity contribution in [3.05, 3.63) is 23.7 Å². The Balaban J connectivity index is 2.34. The summed E-state index contributed by atoms with van der Waals surface area (Å²) in [6, 6.07) is 2.02. The van der Waals surface area contributed by atoms with Crippen LogP contribution in [0.25, 0.3) is 0 Å². The molecule has 1 heterocycles. The van der Waals surface area contributed by atoms with Gasteiger partial charge in [0.1, 0.15) is 5.76 Å². The minimum absolute atomic E-state index is 0.103. The largest absolute Gasteiger partial charge is 0.467 e. The van der Waals surface area contributed by atoms with Crippen LogP contribution in [0, 0.1) is 6.92 Å². The molecule has 0 aliphatic heterocycles. The third-order valence-electron chi connectivity index (χ3n) is 2.01. The van der Waals surface area contributed by atoms with E-state index in [2.05, 4.69) is 0 Å². The van der Waals surface area contributed by atoms with Gasteiger partial charge in [-0.3, -0.25) is 0 Å². The summed E-state index contributed by atoms with van der Waals surface area (Å²) in [4.78, 5) is 0. The molecule has 0 radical (unpaired) electrons. The van der Waals surface area contributed by atoms with Crippen molar-refractivity contribution in [2.75, 3.05) is 0 Å². The summed E-state index contributed by atoms with van der Waals surface area (Å²) in [5.41, 5.74) is 6.94. The van der Waals surface area contributed by atoms with Crippen molar-refractivity contribution in [3.8, 4) is 0 Å². The second kappa shape index (κ2) is 1.64. The molecule has 1 aliphatic rings. The van der Waals surface area contributed by atoms with Crippen molar-refractivity contribution in [1.29, 1.82) is 0 Å². The van der Waals surface area contributed by atoms with E-state index in [1.54, 1.807) is 6.26 Å². The Morgan fingerprint density at radius 3 is 2.70 bits per heavy atom. The first kappa shape index (κ1) is 5.98. The Morgan fingerprint density at radius 1 is 1.60 bits per heavy atom. The van der Waals surface area contributed by atoms with Crippen molar-refractivity contribution in [2.45, 2.75) is 25.3 Å². The van der Waals surface area contributed by atoms with E-state index < -0.39 is 0 Å². The molecule has 2 rings (SSSR count). The van der Waals surface area contributed by atoms with Gasteiger partial charge in [-0.25, -0.2) is 0 Å². The fourth-order valence-electron chi connectivity index (χ4n) is 1.07. The second-order valence-corrected chi connectivity index (χ2v) is 3.14. The number of rotatable bonds is 1. The number of aryl methyl sites for hydroxylation is 1. The van der Waals surface area contributed by atoms with Crippen molar-refractivity contribution < 1.29 is 4.42 Å². The first-order chi connectivity index (χ1) is 4.71. The highest BCUT2D eigenvalue weighted by Crippen LogP contribution is 2.43. The van der Waals surface area contributed by atoms with Gasteiger partial charge in [0.25, 0.3) is 0 Å². The molecule has 2 heteroatoms. The third-order valence-corrected chi connectivity index (χ3v) is 2.01. The summed E-state index contributed by atoms with van der Waals surface area (Å²) < 4.78 is 5.27. The maximum absolute atomic E-state index is 5.89. The Labute approximate surface area is 60.0 Å². The molecule has 0 amide bonds. The molecule has 1 aromatic heterocycles. The fraction of sp³-hybridized carbons (Fsp3) is 0.500. The topological polar surface area (TPSA) is 39.2 Å². The van der Waals surface area contributed by atoms with Gasteiger partial charge in [-0.05, 0) is 31.4 Å². The first-order valence-electron chi connectivity index (χ1n) is 3.55. The van der Waals surface area contributed by atoms with Gasteiger partial charge in [0, 0.05) is 0 Å². The highest BCUT2D eigenvalue weighted by molar-refractivity contribution is 5.23. The molecule has 1 fully saturated rings. The zero-order valence-electron chi connectivity index (χ0n) is 6.05. The highest BCUT2D eigenvalue weighted by Gasteiger charge is 2.42. The lowest BCUT2D eigenvalue weighted by Crippen LogP contribution is -2.17. The standard InChI is InChI=1S/C8H11NO/c1-6-4-7(10-5-6)8(9)2-3-8/h4-5H,2-3,9H2,1H3. The molecular formula is C8H11NO. The van der Waals surface area contributed by atoms with Crippen LogP contribution < -0.4 is 5.73 Å². The normalized spacial score (nSPS) is 21.0. The van der Waals surface area contributed by atoms with E-state index in [9.17, 15) is 0 Å². The average molecular weight is 137 g/mol.